The van der Waals surface area contributed by atoms with Crippen LogP contribution in [0.4, 0.5) is 5.00 Å². The first-order chi connectivity index (χ1) is 12.5. The summed E-state index contributed by atoms with van der Waals surface area (Å²) in [6, 6.07) is 9.63. The average molecular weight is 369 g/mol. The van der Waals surface area contributed by atoms with Crippen LogP contribution in [0.3, 0.4) is 0 Å². The Hall–Kier alpha value is -2.85. The summed E-state index contributed by atoms with van der Waals surface area (Å²) in [6.07, 6.45) is 0.629. The van der Waals surface area contributed by atoms with Crippen molar-refractivity contribution < 1.29 is 14.3 Å². The lowest BCUT2D eigenvalue weighted by Gasteiger charge is -2.25. The van der Waals surface area contributed by atoms with E-state index in [0.717, 1.165) is 16.0 Å². The monoisotopic (exact) mass is 369 g/mol. The fourth-order valence-electron chi connectivity index (χ4n) is 2.82. The fraction of sp³-hybridized carbons (Fsp3) is 0.316. The van der Waals surface area contributed by atoms with E-state index in [4.69, 9.17) is 4.74 Å². The van der Waals surface area contributed by atoms with Gasteiger partial charge in [-0.15, -0.1) is 11.3 Å². The SMILES string of the molecule is CC(=O)N1CCc2c(sc(NC(=O)COc3ccc(C)cc3)c2C#N)C1. The summed E-state index contributed by atoms with van der Waals surface area (Å²) in [4.78, 5) is 26.5. The quantitative estimate of drug-likeness (QED) is 0.898. The lowest BCUT2D eigenvalue weighted by molar-refractivity contribution is -0.129. The highest BCUT2D eigenvalue weighted by Gasteiger charge is 2.26. The number of nitriles is 1. The van der Waals surface area contributed by atoms with E-state index in [0.29, 0.717) is 35.8 Å². The van der Waals surface area contributed by atoms with Crippen molar-refractivity contribution in [1.82, 2.24) is 4.90 Å². The fourth-order valence-corrected chi connectivity index (χ4v) is 4.05. The van der Waals surface area contributed by atoms with E-state index in [1.807, 2.05) is 31.2 Å². The lowest BCUT2D eigenvalue weighted by atomic mass is 10.0. The van der Waals surface area contributed by atoms with Gasteiger partial charge in [-0.1, -0.05) is 17.7 Å². The molecule has 3 rings (SSSR count). The topological polar surface area (TPSA) is 82.4 Å². The molecule has 0 atom stereocenters. The molecule has 0 bridgehead atoms. The Labute approximate surface area is 156 Å². The van der Waals surface area contributed by atoms with Crippen LogP contribution < -0.4 is 10.1 Å². The first-order valence-corrected chi connectivity index (χ1v) is 9.09. The van der Waals surface area contributed by atoms with Crippen LogP contribution in [0.2, 0.25) is 0 Å². The highest BCUT2D eigenvalue weighted by Crippen LogP contribution is 2.36. The number of benzene rings is 1. The summed E-state index contributed by atoms with van der Waals surface area (Å²) in [6.45, 7) is 4.47. The summed E-state index contributed by atoms with van der Waals surface area (Å²) in [5.41, 5.74) is 2.55. The second-order valence-electron chi connectivity index (χ2n) is 6.16. The molecule has 0 fully saturated rings. The molecule has 2 heterocycles. The number of thiophene rings is 1. The second kappa shape index (κ2) is 7.58. The minimum atomic E-state index is -0.316. The van der Waals surface area contributed by atoms with E-state index in [2.05, 4.69) is 11.4 Å². The summed E-state index contributed by atoms with van der Waals surface area (Å²) < 4.78 is 5.48. The molecular formula is C19H19N3O3S. The van der Waals surface area contributed by atoms with Gasteiger partial charge in [0.05, 0.1) is 12.1 Å². The zero-order valence-corrected chi connectivity index (χ0v) is 15.5. The number of ether oxygens (including phenoxy) is 1. The third-order valence-corrected chi connectivity index (χ3v) is 5.39. The number of carbonyl (C=O) groups excluding carboxylic acids is 2. The zero-order valence-electron chi connectivity index (χ0n) is 14.7. The number of hydrogen-bond donors (Lipinski definition) is 1. The van der Waals surface area contributed by atoms with Gasteiger partial charge in [-0.2, -0.15) is 5.26 Å². The van der Waals surface area contributed by atoms with Crippen molar-refractivity contribution in [3.63, 3.8) is 0 Å². The minimum absolute atomic E-state index is 0.0136. The number of nitrogens with zero attached hydrogens (tertiary/aromatic N) is 2. The molecule has 7 heteroatoms. The standard InChI is InChI=1S/C19H19N3O3S/c1-12-3-5-14(6-4-12)25-11-18(24)21-19-16(9-20)15-7-8-22(13(2)23)10-17(15)26-19/h3-6H,7-8,10-11H2,1-2H3,(H,21,24). The molecule has 0 saturated heterocycles. The van der Waals surface area contributed by atoms with Gasteiger partial charge in [-0.25, -0.2) is 0 Å². The van der Waals surface area contributed by atoms with Gasteiger partial charge in [-0.3, -0.25) is 9.59 Å². The van der Waals surface area contributed by atoms with Crippen molar-refractivity contribution in [3.8, 4) is 11.8 Å². The number of carbonyl (C=O) groups is 2. The van der Waals surface area contributed by atoms with Crippen molar-refractivity contribution in [2.75, 3.05) is 18.5 Å². The van der Waals surface area contributed by atoms with Crippen molar-refractivity contribution in [1.29, 1.82) is 5.26 Å². The van der Waals surface area contributed by atoms with Gasteiger partial charge >= 0.3 is 0 Å². The summed E-state index contributed by atoms with van der Waals surface area (Å²) in [5, 5.41) is 12.8. The van der Waals surface area contributed by atoms with Crippen LogP contribution in [0.1, 0.15) is 28.5 Å². The molecule has 26 heavy (non-hydrogen) atoms. The molecule has 1 N–H and O–H groups in total. The Morgan fingerprint density at radius 1 is 1.35 bits per heavy atom. The first kappa shape index (κ1) is 18.0. The first-order valence-electron chi connectivity index (χ1n) is 8.27. The molecule has 134 valence electrons. The predicted molar refractivity (Wildman–Crippen MR) is 99.1 cm³/mol. The number of aryl methyl sites for hydroxylation is 1. The summed E-state index contributed by atoms with van der Waals surface area (Å²) in [5.74, 6) is 0.317. The average Bonchev–Trinajstić information content (AvgIpc) is 2.97. The van der Waals surface area contributed by atoms with Crippen LogP contribution >= 0.6 is 11.3 Å². The van der Waals surface area contributed by atoms with Crippen LogP contribution in [-0.2, 0) is 22.6 Å². The highest BCUT2D eigenvalue weighted by molar-refractivity contribution is 7.16. The van der Waals surface area contributed by atoms with Crippen molar-refractivity contribution in [3.05, 3.63) is 45.8 Å². The molecule has 0 radical (unpaired) electrons. The number of rotatable bonds is 4. The number of amides is 2. The van der Waals surface area contributed by atoms with E-state index in [1.165, 1.54) is 18.3 Å². The van der Waals surface area contributed by atoms with Gasteiger partial charge in [0, 0.05) is 18.3 Å². The Morgan fingerprint density at radius 3 is 2.73 bits per heavy atom. The van der Waals surface area contributed by atoms with Crippen molar-refractivity contribution in [2.45, 2.75) is 26.8 Å². The van der Waals surface area contributed by atoms with Gasteiger partial charge in [0.1, 0.15) is 16.8 Å². The Kier molecular flexibility index (Phi) is 5.24. The van der Waals surface area contributed by atoms with Gasteiger partial charge < -0.3 is 15.0 Å². The number of hydrogen-bond acceptors (Lipinski definition) is 5. The number of nitrogens with one attached hydrogen (secondary N) is 1. The smallest absolute Gasteiger partial charge is 0.262 e. The molecule has 1 aromatic heterocycles. The molecule has 1 aliphatic rings. The molecule has 1 aliphatic heterocycles. The van der Waals surface area contributed by atoms with E-state index in [1.54, 1.807) is 4.90 Å². The van der Waals surface area contributed by atoms with Crippen molar-refractivity contribution in [2.24, 2.45) is 0 Å². The normalized spacial score (nSPS) is 12.9. The molecular weight excluding hydrogens is 350 g/mol. The Balaban J connectivity index is 1.68. The van der Waals surface area contributed by atoms with E-state index in [-0.39, 0.29) is 18.4 Å². The van der Waals surface area contributed by atoms with Crippen LogP contribution in [0.25, 0.3) is 0 Å². The molecule has 6 nitrogen and oxygen atoms in total. The summed E-state index contributed by atoms with van der Waals surface area (Å²) in [7, 11) is 0. The predicted octanol–water partition coefficient (Wildman–Crippen LogP) is 2.85. The third kappa shape index (κ3) is 3.86. The molecule has 2 aromatic rings. The van der Waals surface area contributed by atoms with Crippen LogP contribution in [0.5, 0.6) is 5.75 Å². The van der Waals surface area contributed by atoms with E-state index in [9.17, 15) is 14.9 Å². The Morgan fingerprint density at radius 2 is 2.08 bits per heavy atom. The maximum Gasteiger partial charge on any atom is 0.262 e. The van der Waals surface area contributed by atoms with Gasteiger partial charge in [0.2, 0.25) is 5.91 Å². The van der Waals surface area contributed by atoms with Gasteiger partial charge in [0.15, 0.2) is 6.61 Å². The molecule has 1 aromatic carbocycles. The minimum Gasteiger partial charge on any atom is -0.484 e. The van der Waals surface area contributed by atoms with E-state index < -0.39 is 0 Å². The zero-order chi connectivity index (χ0) is 18.7. The molecule has 0 saturated carbocycles. The maximum absolute atomic E-state index is 12.2. The third-order valence-electron chi connectivity index (χ3n) is 4.26. The lowest BCUT2D eigenvalue weighted by Crippen LogP contribution is -2.33. The molecule has 2 amide bonds. The number of fused-ring (bicyclic) bond motifs is 1. The van der Waals surface area contributed by atoms with E-state index >= 15 is 0 Å². The maximum atomic E-state index is 12.2. The van der Waals surface area contributed by atoms with Gasteiger partial charge in [-0.05, 0) is 31.0 Å². The van der Waals surface area contributed by atoms with Crippen LogP contribution in [0.15, 0.2) is 24.3 Å². The molecule has 0 unspecified atom stereocenters. The van der Waals surface area contributed by atoms with Crippen molar-refractivity contribution >= 4 is 28.2 Å². The largest absolute Gasteiger partial charge is 0.484 e. The summed E-state index contributed by atoms with van der Waals surface area (Å²) >= 11 is 1.36. The molecule has 0 aliphatic carbocycles. The Bertz CT molecular complexity index is 881. The van der Waals surface area contributed by atoms with Crippen LogP contribution in [-0.4, -0.2) is 29.9 Å². The highest BCUT2D eigenvalue weighted by atomic mass is 32.1. The second-order valence-corrected chi connectivity index (χ2v) is 7.27. The molecule has 0 spiro atoms. The number of anilines is 1. The van der Waals surface area contributed by atoms with Gasteiger partial charge in [0.25, 0.3) is 5.91 Å². The van der Waals surface area contributed by atoms with Crippen LogP contribution in [0, 0.1) is 18.3 Å².